The molecular formula is C23H22N2O5. The minimum atomic E-state index is -0.551. The van der Waals surface area contributed by atoms with Gasteiger partial charge in [0.2, 0.25) is 17.7 Å². The van der Waals surface area contributed by atoms with E-state index in [1.54, 1.807) is 29.2 Å². The molecule has 2 aliphatic rings. The number of esters is 1. The average Bonchev–Trinajstić information content (AvgIpc) is 3.31. The molecule has 0 N–H and O–H groups in total. The first-order valence-corrected chi connectivity index (χ1v) is 10.0. The molecular weight excluding hydrogens is 384 g/mol. The van der Waals surface area contributed by atoms with Gasteiger partial charge in [0, 0.05) is 31.5 Å². The fourth-order valence-electron chi connectivity index (χ4n) is 3.75. The normalized spacial score (nSPS) is 19.0. The van der Waals surface area contributed by atoms with Crippen molar-refractivity contribution in [2.45, 2.75) is 32.6 Å². The quantitative estimate of drug-likeness (QED) is 0.433. The van der Waals surface area contributed by atoms with E-state index in [9.17, 15) is 19.2 Å². The van der Waals surface area contributed by atoms with Gasteiger partial charge in [-0.3, -0.25) is 24.1 Å². The summed E-state index contributed by atoms with van der Waals surface area (Å²) >= 11 is 0. The molecule has 4 rings (SSSR count). The van der Waals surface area contributed by atoms with Gasteiger partial charge < -0.3 is 9.64 Å². The molecule has 2 saturated heterocycles. The van der Waals surface area contributed by atoms with E-state index >= 15 is 0 Å². The second-order valence-electron chi connectivity index (χ2n) is 7.46. The van der Waals surface area contributed by atoms with E-state index in [-0.39, 0.29) is 43.5 Å². The number of amides is 3. The Balaban J connectivity index is 1.39. The second kappa shape index (κ2) is 8.10. The fraction of sp³-hybridized carbons (Fsp3) is 0.304. The van der Waals surface area contributed by atoms with E-state index in [1.165, 1.54) is 5.56 Å². The van der Waals surface area contributed by atoms with Gasteiger partial charge in [0.25, 0.3) is 0 Å². The van der Waals surface area contributed by atoms with Gasteiger partial charge in [0.1, 0.15) is 5.75 Å². The molecule has 0 aliphatic carbocycles. The number of anilines is 2. The van der Waals surface area contributed by atoms with Gasteiger partial charge in [0.05, 0.1) is 11.6 Å². The monoisotopic (exact) mass is 406 g/mol. The molecule has 2 aromatic carbocycles. The number of hydrogen-bond donors (Lipinski definition) is 0. The molecule has 2 aliphatic heterocycles. The zero-order valence-electron chi connectivity index (χ0n) is 16.7. The molecule has 2 fully saturated rings. The van der Waals surface area contributed by atoms with E-state index in [1.807, 2.05) is 24.3 Å². The van der Waals surface area contributed by atoms with Crippen molar-refractivity contribution < 1.29 is 23.9 Å². The van der Waals surface area contributed by atoms with Crippen LogP contribution in [0.1, 0.15) is 31.7 Å². The number of rotatable bonds is 5. The highest BCUT2D eigenvalue weighted by atomic mass is 16.5. The minimum Gasteiger partial charge on any atom is -0.426 e. The van der Waals surface area contributed by atoms with Crippen LogP contribution in [0.2, 0.25) is 0 Å². The van der Waals surface area contributed by atoms with Gasteiger partial charge in [0.15, 0.2) is 0 Å². The number of benzene rings is 2. The maximum Gasteiger partial charge on any atom is 0.316 e. The summed E-state index contributed by atoms with van der Waals surface area (Å²) in [5.41, 5.74) is 2.42. The Labute approximate surface area is 174 Å². The summed E-state index contributed by atoms with van der Waals surface area (Å²) in [7, 11) is 0. The third-order valence-corrected chi connectivity index (χ3v) is 5.48. The number of nitrogens with zero attached hydrogens (tertiary/aromatic N) is 2. The SMILES string of the molecule is CCc1ccc(N2CC(C(=O)Oc3ccc(N4C(=O)CCC4=O)cc3)CC2=O)cc1. The van der Waals surface area contributed by atoms with Crippen LogP contribution in [0.5, 0.6) is 5.75 Å². The number of hydrogen-bond acceptors (Lipinski definition) is 5. The lowest BCUT2D eigenvalue weighted by Crippen LogP contribution is -2.28. The first-order chi connectivity index (χ1) is 14.5. The Morgan fingerprint density at radius 1 is 0.900 bits per heavy atom. The van der Waals surface area contributed by atoms with Crippen LogP contribution in [0.3, 0.4) is 0 Å². The van der Waals surface area contributed by atoms with Crippen molar-refractivity contribution in [2.24, 2.45) is 5.92 Å². The molecule has 1 atom stereocenters. The van der Waals surface area contributed by atoms with Crippen molar-refractivity contribution in [1.82, 2.24) is 0 Å². The largest absolute Gasteiger partial charge is 0.426 e. The van der Waals surface area contributed by atoms with Gasteiger partial charge in [-0.2, -0.15) is 0 Å². The fourth-order valence-corrected chi connectivity index (χ4v) is 3.75. The van der Waals surface area contributed by atoms with Crippen molar-refractivity contribution >= 4 is 35.1 Å². The lowest BCUT2D eigenvalue weighted by Gasteiger charge is -2.17. The van der Waals surface area contributed by atoms with Crippen molar-refractivity contribution in [3.63, 3.8) is 0 Å². The maximum absolute atomic E-state index is 12.6. The number of imide groups is 1. The maximum atomic E-state index is 12.6. The molecule has 2 aromatic rings. The molecule has 0 saturated carbocycles. The predicted molar refractivity (Wildman–Crippen MR) is 110 cm³/mol. The molecule has 2 heterocycles. The molecule has 3 amide bonds. The Morgan fingerprint density at radius 2 is 1.50 bits per heavy atom. The standard InChI is InChI=1S/C23H22N2O5/c1-2-15-3-5-17(6-4-15)24-14-16(13-22(24)28)23(29)30-19-9-7-18(8-10-19)25-20(26)11-12-21(25)27/h3-10,16H,2,11-14H2,1H3. The van der Waals surface area contributed by atoms with Gasteiger partial charge in [-0.15, -0.1) is 0 Å². The van der Waals surface area contributed by atoms with Crippen LogP contribution in [0.25, 0.3) is 0 Å². The predicted octanol–water partition coefficient (Wildman–Crippen LogP) is 2.86. The molecule has 0 aromatic heterocycles. The Kier molecular flexibility index (Phi) is 5.35. The third-order valence-electron chi connectivity index (χ3n) is 5.48. The molecule has 154 valence electrons. The van der Waals surface area contributed by atoms with E-state index in [4.69, 9.17) is 4.74 Å². The molecule has 0 radical (unpaired) electrons. The minimum absolute atomic E-state index is 0.100. The van der Waals surface area contributed by atoms with E-state index in [2.05, 4.69) is 6.92 Å². The van der Waals surface area contributed by atoms with Crippen molar-refractivity contribution in [2.75, 3.05) is 16.3 Å². The highest BCUT2D eigenvalue weighted by Gasteiger charge is 2.36. The summed E-state index contributed by atoms with van der Waals surface area (Å²) in [6, 6.07) is 14.0. The number of aryl methyl sites for hydroxylation is 1. The molecule has 7 heteroatoms. The van der Waals surface area contributed by atoms with Gasteiger partial charge in [-0.25, -0.2) is 0 Å². The zero-order chi connectivity index (χ0) is 21.3. The molecule has 1 unspecified atom stereocenters. The summed E-state index contributed by atoms with van der Waals surface area (Å²) in [5, 5.41) is 0. The van der Waals surface area contributed by atoms with Crippen molar-refractivity contribution in [3.05, 3.63) is 54.1 Å². The first kappa shape index (κ1) is 19.8. The van der Waals surface area contributed by atoms with Crippen LogP contribution in [-0.2, 0) is 25.6 Å². The van der Waals surface area contributed by atoms with Crippen LogP contribution < -0.4 is 14.5 Å². The van der Waals surface area contributed by atoms with Crippen LogP contribution in [0, 0.1) is 5.92 Å². The van der Waals surface area contributed by atoms with Crippen molar-refractivity contribution in [3.8, 4) is 5.75 Å². The van der Waals surface area contributed by atoms with E-state index < -0.39 is 11.9 Å². The van der Waals surface area contributed by atoms with Crippen LogP contribution in [0.15, 0.2) is 48.5 Å². The number of carbonyl (C=O) groups is 4. The number of carbonyl (C=O) groups excluding carboxylic acids is 4. The van der Waals surface area contributed by atoms with Gasteiger partial charge >= 0.3 is 5.97 Å². The summed E-state index contributed by atoms with van der Waals surface area (Å²) in [6.45, 7) is 2.34. The highest BCUT2D eigenvalue weighted by Crippen LogP contribution is 2.28. The summed E-state index contributed by atoms with van der Waals surface area (Å²) in [5.74, 6) is -1.30. The molecule has 30 heavy (non-hydrogen) atoms. The summed E-state index contributed by atoms with van der Waals surface area (Å²) < 4.78 is 5.43. The Bertz CT molecular complexity index is 981. The second-order valence-corrected chi connectivity index (χ2v) is 7.46. The van der Waals surface area contributed by atoms with E-state index in [0.717, 1.165) is 17.0 Å². The lowest BCUT2D eigenvalue weighted by atomic mass is 10.1. The van der Waals surface area contributed by atoms with Crippen LogP contribution in [0.4, 0.5) is 11.4 Å². The Hall–Kier alpha value is -3.48. The van der Waals surface area contributed by atoms with Gasteiger partial charge in [-0.1, -0.05) is 19.1 Å². The summed E-state index contributed by atoms with van der Waals surface area (Å²) in [4.78, 5) is 51.4. The van der Waals surface area contributed by atoms with Crippen LogP contribution >= 0.6 is 0 Å². The Morgan fingerprint density at radius 3 is 2.10 bits per heavy atom. The first-order valence-electron chi connectivity index (χ1n) is 10.0. The third kappa shape index (κ3) is 3.83. The molecule has 0 spiro atoms. The highest BCUT2D eigenvalue weighted by molar-refractivity contribution is 6.19. The topological polar surface area (TPSA) is 84.0 Å². The number of ether oxygens (including phenoxy) is 1. The molecule has 0 bridgehead atoms. The van der Waals surface area contributed by atoms with Gasteiger partial charge in [-0.05, 0) is 48.4 Å². The average molecular weight is 406 g/mol. The summed E-state index contributed by atoms with van der Waals surface area (Å²) in [6.07, 6.45) is 1.44. The van der Waals surface area contributed by atoms with Crippen LogP contribution in [-0.4, -0.2) is 30.2 Å². The van der Waals surface area contributed by atoms with E-state index in [0.29, 0.717) is 11.4 Å². The van der Waals surface area contributed by atoms with Crippen molar-refractivity contribution in [1.29, 1.82) is 0 Å². The smallest absolute Gasteiger partial charge is 0.316 e. The zero-order valence-corrected chi connectivity index (χ0v) is 16.7. The lowest BCUT2D eigenvalue weighted by molar-refractivity contribution is -0.139. The molecule has 7 nitrogen and oxygen atoms in total.